The van der Waals surface area contributed by atoms with Crippen LogP contribution < -0.4 is 10.7 Å². The van der Waals surface area contributed by atoms with Crippen LogP contribution in [0.25, 0.3) is 10.8 Å². The number of aromatic hydroxyl groups is 1. The number of anilines is 1. The number of fused-ring (bicyclic) bond motifs is 1. The van der Waals surface area contributed by atoms with E-state index in [-0.39, 0.29) is 11.7 Å². The summed E-state index contributed by atoms with van der Waals surface area (Å²) in [5, 5.41) is 19.1. The second-order valence-electron chi connectivity index (χ2n) is 5.83. The molecule has 0 spiro atoms. The van der Waals surface area contributed by atoms with Gasteiger partial charge in [-0.25, -0.2) is 5.43 Å². The number of hydrazone groups is 1. The van der Waals surface area contributed by atoms with Crippen LogP contribution in [-0.2, 0) is 4.79 Å². The lowest BCUT2D eigenvalue weighted by Crippen LogP contribution is -2.34. The van der Waals surface area contributed by atoms with Gasteiger partial charge in [0.05, 0.1) is 6.21 Å². The molecule has 3 N–H and O–H groups in total. The molecule has 0 bridgehead atoms. The summed E-state index contributed by atoms with van der Waals surface area (Å²) in [4.78, 5) is 12.3. The average Bonchev–Trinajstić information content (AvgIpc) is 2.64. The molecule has 6 heteroatoms. The van der Waals surface area contributed by atoms with Crippen molar-refractivity contribution in [3.05, 3.63) is 70.7 Å². The van der Waals surface area contributed by atoms with Crippen LogP contribution in [0.3, 0.4) is 0 Å². The minimum Gasteiger partial charge on any atom is -0.507 e. The van der Waals surface area contributed by atoms with Gasteiger partial charge < -0.3 is 10.4 Å². The fourth-order valence-corrected chi connectivity index (χ4v) is 2.92. The molecule has 0 radical (unpaired) electrons. The van der Waals surface area contributed by atoms with Gasteiger partial charge in [-0.15, -0.1) is 0 Å². The zero-order chi connectivity index (χ0) is 18.5. The summed E-state index contributed by atoms with van der Waals surface area (Å²) in [6.07, 6.45) is 1.41. The summed E-state index contributed by atoms with van der Waals surface area (Å²) in [6, 6.07) is 18.4. The second kappa shape index (κ2) is 8.01. The number of carbonyl (C=O) groups is 1. The van der Waals surface area contributed by atoms with E-state index in [4.69, 9.17) is 0 Å². The molecule has 26 heavy (non-hydrogen) atoms. The van der Waals surface area contributed by atoms with Gasteiger partial charge in [0.25, 0.3) is 5.91 Å². The number of benzene rings is 3. The van der Waals surface area contributed by atoms with Gasteiger partial charge in [0, 0.05) is 21.1 Å². The van der Waals surface area contributed by atoms with E-state index >= 15 is 0 Å². The first-order valence-corrected chi connectivity index (χ1v) is 8.89. The van der Waals surface area contributed by atoms with Crippen LogP contribution in [0.2, 0.25) is 0 Å². The number of phenols is 1. The van der Waals surface area contributed by atoms with Gasteiger partial charge in [-0.3, -0.25) is 4.79 Å². The van der Waals surface area contributed by atoms with E-state index in [9.17, 15) is 9.90 Å². The Bertz CT molecular complexity index is 967. The van der Waals surface area contributed by atoms with Crippen molar-refractivity contribution in [2.45, 2.75) is 13.0 Å². The lowest BCUT2D eigenvalue weighted by molar-refractivity contribution is -0.121. The van der Waals surface area contributed by atoms with Crippen LogP contribution in [0.15, 0.2) is 70.2 Å². The third kappa shape index (κ3) is 4.21. The monoisotopic (exact) mass is 411 g/mol. The third-order valence-electron chi connectivity index (χ3n) is 3.92. The standard InChI is InChI=1S/C20H18BrN3O2/c1-13(23-18-8-4-6-14-5-2-3-7-17(14)18)20(26)24-22-12-15-11-16(21)9-10-19(15)25/h2-13,23,25H,1H3,(H,24,26)/b22-12+. The molecule has 0 saturated heterocycles. The van der Waals surface area contributed by atoms with Crippen molar-refractivity contribution >= 4 is 44.5 Å². The number of nitrogens with one attached hydrogen (secondary N) is 2. The smallest absolute Gasteiger partial charge is 0.262 e. The summed E-state index contributed by atoms with van der Waals surface area (Å²) in [7, 11) is 0. The van der Waals surface area contributed by atoms with Crippen LogP contribution >= 0.6 is 15.9 Å². The van der Waals surface area contributed by atoms with Gasteiger partial charge in [-0.2, -0.15) is 5.10 Å². The first-order chi connectivity index (χ1) is 12.5. The predicted octanol–water partition coefficient (Wildman–Crippen LogP) is 4.26. The van der Waals surface area contributed by atoms with Crippen molar-refractivity contribution in [2.75, 3.05) is 5.32 Å². The predicted molar refractivity (Wildman–Crippen MR) is 109 cm³/mol. The fraction of sp³-hybridized carbons (Fsp3) is 0.100. The molecular weight excluding hydrogens is 394 g/mol. The number of rotatable bonds is 5. The van der Waals surface area contributed by atoms with Crippen molar-refractivity contribution in [1.29, 1.82) is 0 Å². The number of hydrogen-bond donors (Lipinski definition) is 3. The van der Waals surface area contributed by atoms with E-state index in [1.54, 1.807) is 25.1 Å². The minimum atomic E-state index is -0.478. The molecule has 5 nitrogen and oxygen atoms in total. The van der Waals surface area contributed by atoms with Crippen LogP contribution in [0.1, 0.15) is 12.5 Å². The molecule has 0 aliphatic carbocycles. The topological polar surface area (TPSA) is 73.7 Å². The lowest BCUT2D eigenvalue weighted by Gasteiger charge is -2.15. The summed E-state index contributed by atoms with van der Waals surface area (Å²) in [5.74, 6) is -0.184. The number of amides is 1. The van der Waals surface area contributed by atoms with Crippen molar-refractivity contribution in [3.63, 3.8) is 0 Å². The normalized spacial score (nSPS) is 12.2. The Labute approximate surface area is 159 Å². The Kier molecular flexibility index (Phi) is 5.53. The molecule has 0 aliphatic heterocycles. The first kappa shape index (κ1) is 17.9. The molecule has 0 heterocycles. The van der Waals surface area contributed by atoms with Gasteiger partial charge in [-0.05, 0) is 36.6 Å². The highest BCUT2D eigenvalue weighted by Crippen LogP contribution is 2.23. The maximum atomic E-state index is 12.3. The quantitative estimate of drug-likeness (QED) is 0.433. The van der Waals surface area contributed by atoms with Crippen molar-refractivity contribution in [2.24, 2.45) is 5.10 Å². The molecule has 0 aliphatic rings. The van der Waals surface area contributed by atoms with E-state index in [1.807, 2.05) is 42.5 Å². The van der Waals surface area contributed by atoms with E-state index in [0.29, 0.717) is 5.56 Å². The lowest BCUT2D eigenvalue weighted by atomic mass is 10.1. The van der Waals surface area contributed by atoms with E-state index in [0.717, 1.165) is 20.9 Å². The highest BCUT2D eigenvalue weighted by atomic mass is 79.9. The summed E-state index contributed by atoms with van der Waals surface area (Å²) >= 11 is 3.33. The minimum absolute atomic E-state index is 0.0909. The highest BCUT2D eigenvalue weighted by molar-refractivity contribution is 9.10. The van der Waals surface area contributed by atoms with Crippen LogP contribution in [0, 0.1) is 0 Å². The second-order valence-corrected chi connectivity index (χ2v) is 6.75. The average molecular weight is 412 g/mol. The van der Waals surface area contributed by atoms with Crippen molar-refractivity contribution in [3.8, 4) is 5.75 Å². The highest BCUT2D eigenvalue weighted by Gasteiger charge is 2.13. The maximum Gasteiger partial charge on any atom is 0.262 e. The van der Waals surface area contributed by atoms with Gasteiger partial charge in [-0.1, -0.05) is 52.3 Å². The molecule has 132 valence electrons. The number of halogens is 1. The summed E-state index contributed by atoms with van der Waals surface area (Å²) in [5.41, 5.74) is 3.88. The zero-order valence-electron chi connectivity index (χ0n) is 14.1. The SMILES string of the molecule is CC(Nc1cccc2ccccc12)C(=O)N/N=C/c1cc(Br)ccc1O. The van der Waals surface area contributed by atoms with Crippen molar-refractivity contribution in [1.82, 2.24) is 5.43 Å². The molecule has 1 amide bonds. The largest absolute Gasteiger partial charge is 0.507 e. The van der Waals surface area contributed by atoms with Gasteiger partial charge in [0.2, 0.25) is 0 Å². The molecule has 1 unspecified atom stereocenters. The van der Waals surface area contributed by atoms with Gasteiger partial charge in [0.1, 0.15) is 11.8 Å². The number of phenolic OH excluding ortho intramolecular Hbond substituents is 1. The molecular formula is C20H18BrN3O2. The van der Waals surface area contributed by atoms with Crippen LogP contribution in [-0.4, -0.2) is 23.3 Å². The zero-order valence-corrected chi connectivity index (χ0v) is 15.7. The third-order valence-corrected chi connectivity index (χ3v) is 4.42. The Morgan fingerprint density at radius 3 is 2.77 bits per heavy atom. The number of nitrogens with zero attached hydrogens (tertiary/aromatic N) is 1. The van der Waals surface area contributed by atoms with E-state index < -0.39 is 6.04 Å². The van der Waals surface area contributed by atoms with Gasteiger partial charge >= 0.3 is 0 Å². The Morgan fingerprint density at radius 2 is 1.92 bits per heavy atom. The van der Waals surface area contributed by atoms with E-state index in [1.165, 1.54) is 6.21 Å². The molecule has 3 aromatic rings. The number of hydrogen-bond acceptors (Lipinski definition) is 4. The Balaban J connectivity index is 1.66. The molecule has 0 fully saturated rings. The Hall–Kier alpha value is -2.86. The first-order valence-electron chi connectivity index (χ1n) is 8.10. The van der Waals surface area contributed by atoms with Gasteiger partial charge in [0.15, 0.2) is 0 Å². The molecule has 1 atom stereocenters. The van der Waals surface area contributed by atoms with E-state index in [2.05, 4.69) is 31.8 Å². The van der Waals surface area contributed by atoms with Crippen LogP contribution in [0.4, 0.5) is 5.69 Å². The molecule has 3 aromatic carbocycles. The van der Waals surface area contributed by atoms with Crippen molar-refractivity contribution < 1.29 is 9.90 Å². The summed E-state index contributed by atoms with van der Waals surface area (Å²) < 4.78 is 0.814. The molecule has 0 aromatic heterocycles. The fourth-order valence-electron chi connectivity index (χ4n) is 2.54. The molecule has 3 rings (SSSR count). The van der Waals surface area contributed by atoms with Crippen LogP contribution in [0.5, 0.6) is 5.75 Å². The Morgan fingerprint density at radius 1 is 1.15 bits per heavy atom. The number of carbonyl (C=O) groups excluding carboxylic acids is 1. The maximum absolute atomic E-state index is 12.3. The summed E-state index contributed by atoms with van der Waals surface area (Å²) in [6.45, 7) is 1.77. The molecule has 0 saturated carbocycles.